The van der Waals surface area contributed by atoms with Crippen molar-refractivity contribution in [2.24, 2.45) is 17.0 Å². The Bertz CT molecular complexity index is 110. The molecule has 0 aromatic carbocycles. The Balaban J connectivity index is 3.66. The summed E-state index contributed by atoms with van der Waals surface area (Å²) in [4.78, 5) is 0. The maximum Gasteiger partial charge on any atom is -0.0175 e. The largest absolute Gasteiger partial charge is 0.274 e. The SMILES string of the molecule is CCC(/C=C\SN)CC(C)C. The molecule has 11 heavy (non-hydrogen) atoms. The number of hydrogen-bond acceptors (Lipinski definition) is 2. The number of rotatable bonds is 5. The zero-order valence-corrected chi connectivity index (χ0v) is 8.53. The molecule has 0 aromatic rings. The molecule has 1 unspecified atom stereocenters. The fourth-order valence-electron chi connectivity index (χ4n) is 1.14. The van der Waals surface area contributed by atoms with Crippen molar-refractivity contribution in [1.82, 2.24) is 0 Å². The molecule has 2 N–H and O–H groups in total. The Morgan fingerprint density at radius 2 is 2.09 bits per heavy atom. The van der Waals surface area contributed by atoms with Gasteiger partial charge in [-0.25, -0.2) is 0 Å². The van der Waals surface area contributed by atoms with Gasteiger partial charge in [-0.3, -0.25) is 5.14 Å². The van der Waals surface area contributed by atoms with Crippen LogP contribution in [0.4, 0.5) is 0 Å². The van der Waals surface area contributed by atoms with Crippen LogP contribution in [0, 0.1) is 11.8 Å². The third-order valence-electron chi connectivity index (χ3n) is 1.73. The normalized spacial score (nSPS) is 14.6. The highest BCUT2D eigenvalue weighted by molar-refractivity contribution is 7.99. The van der Waals surface area contributed by atoms with Gasteiger partial charge in [0.25, 0.3) is 0 Å². The molecule has 0 bridgehead atoms. The minimum atomic E-state index is 0.714. The highest BCUT2D eigenvalue weighted by Gasteiger charge is 2.03. The van der Waals surface area contributed by atoms with Crippen LogP contribution in [-0.2, 0) is 0 Å². The fraction of sp³-hybridized carbons (Fsp3) is 0.778. The molecule has 0 saturated heterocycles. The van der Waals surface area contributed by atoms with E-state index in [9.17, 15) is 0 Å². The van der Waals surface area contributed by atoms with Crippen LogP contribution in [0.3, 0.4) is 0 Å². The zero-order valence-electron chi connectivity index (χ0n) is 7.71. The summed E-state index contributed by atoms with van der Waals surface area (Å²) in [6.07, 6.45) is 4.70. The lowest BCUT2D eigenvalue weighted by Crippen LogP contribution is -1.99. The van der Waals surface area contributed by atoms with E-state index in [2.05, 4.69) is 26.8 Å². The standard InChI is InChI=1S/C9H19NS/c1-4-9(5-6-11-10)7-8(2)3/h5-6,8-9H,4,7,10H2,1-3H3/b6-5-. The van der Waals surface area contributed by atoms with E-state index >= 15 is 0 Å². The van der Waals surface area contributed by atoms with E-state index in [0.29, 0.717) is 5.92 Å². The second kappa shape index (κ2) is 6.74. The monoisotopic (exact) mass is 173 g/mol. The van der Waals surface area contributed by atoms with Gasteiger partial charge in [0.1, 0.15) is 0 Å². The van der Waals surface area contributed by atoms with E-state index in [4.69, 9.17) is 5.14 Å². The molecule has 0 aliphatic carbocycles. The van der Waals surface area contributed by atoms with Crippen molar-refractivity contribution in [3.63, 3.8) is 0 Å². The van der Waals surface area contributed by atoms with Gasteiger partial charge in [-0.15, -0.1) is 0 Å². The molecule has 0 amide bonds. The Morgan fingerprint density at radius 1 is 1.45 bits per heavy atom. The van der Waals surface area contributed by atoms with Crippen molar-refractivity contribution in [3.05, 3.63) is 11.5 Å². The van der Waals surface area contributed by atoms with Crippen molar-refractivity contribution in [1.29, 1.82) is 0 Å². The molecule has 1 nitrogen and oxygen atoms in total. The molecule has 1 atom stereocenters. The maximum atomic E-state index is 5.29. The molecule has 0 saturated carbocycles. The van der Waals surface area contributed by atoms with Gasteiger partial charge in [-0.05, 0) is 30.1 Å². The van der Waals surface area contributed by atoms with Crippen molar-refractivity contribution in [2.75, 3.05) is 0 Å². The first-order valence-corrected chi connectivity index (χ1v) is 5.17. The average Bonchev–Trinajstić information content (AvgIpc) is 1.97. The first kappa shape index (κ1) is 11.1. The number of allylic oxidation sites excluding steroid dienone is 1. The Labute approximate surface area is 74.6 Å². The first-order chi connectivity index (χ1) is 5.20. The summed E-state index contributed by atoms with van der Waals surface area (Å²) in [5.41, 5.74) is 0. The molecule has 0 fully saturated rings. The lowest BCUT2D eigenvalue weighted by Gasteiger charge is -2.11. The molecule has 2 heteroatoms. The average molecular weight is 173 g/mol. The Morgan fingerprint density at radius 3 is 2.45 bits per heavy atom. The predicted molar refractivity (Wildman–Crippen MR) is 54.2 cm³/mol. The minimum Gasteiger partial charge on any atom is -0.274 e. The van der Waals surface area contributed by atoms with Crippen molar-refractivity contribution in [3.8, 4) is 0 Å². The minimum absolute atomic E-state index is 0.714. The van der Waals surface area contributed by atoms with Crippen LogP contribution >= 0.6 is 11.9 Å². The van der Waals surface area contributed by atoms with E-state index in [-0.39, 0.29) is 0 Å². The van der Waals surface area contributed by atoms with Gasteiger partial charge < -0.3 is 0 Å². The molecule has 0 aromatic heterocycles. The van der Waals surface area contributed by atoms with E-state index < -0.39 is 0 Å². The van der Waals surface area contributed by atoms with E-state index in [0.717, 1.165) is 5.92 Å². The summed E-state index contributed by atoms with van der Waals surface area (Å²) in [7, 11) is 0. The van der Waals surface area contributed by atoms with Gasteiger partial charge in [-0.2, -0.15) is 0 Å². The molecule has 66 valence electrons. The number of hydrogen-bond donors (Lipinski definition) is 1. The highest BCUT2D eigenvalue weighted by Crippen LogP contribution is 2.16. The molecule has 0 aliphatic heterocycles. The fourth-order valence-corrected chi connectivity index (χ4v) is 1.46. The molecule has 0 aliphatic rings. The summed E-state index contributed by atoms with van der Waals surface area (Å²) in [6, 6.07) is 0. The van der Waals surface area contributed by atoms with Crippen LogP contribution < -0.4 is 5.14 Å². The van der Waals surface area contributed by atoms with Gasteiger partial charge >= 0.3 is 0 Å². The van der Waals surface area contributed by atoms with Crippen LogP contribution in [0.1, 0.15) is 33.6 Å². The lowest BCUT2D eigenvalue weighted by molar-refractivity contribution is 0.466. The number of nitrogens with two attached hydrogens (primary N) is 1. The van der Waals surface area contributed by atoms with Crippen molar-refractivity contribution in [2.45, 2.75) is 33.6 Å². The molecule has 0 spiro atoms. The summed E-state index contributed by atoms with van der Waals surface area (Å²) in [5, 5.41) is 7.27. The Kier molecular flexibility index (Phi) is 6.77. The van der Waals surface area contributed by atoms with Crippen molar-refractivity contribution < 1.29 is 0 Å². The van der Waals surface area contributed by atoms with Gasteiger partial charge in [0, 0.05) is 0 Å². The van der Waals surface area contributed by atoms with Gasteiger partial charge in [0.05, 0.1) is 0 Å². The second-order valence-corrected chi connectivity index (χ2v) is 3.81. The van der Waals surface area contributed by atoms with Crippen LogP contribution in [0.5, 0.6) is 0 Å². The highest BCUT2D eigenvalue weighted by atomic mass is 32.2. The third-order valence-corrected chi connectivity index (χ3v) is 2.04. The molecule has 0 heterocycles. The summed E-state index contributed by atoms with van der Waals surface area (Å²) < 4.78 is 0. The lowest BCUT2D eigenvalue weighted by atomic mass is 9.95. The van der Waals surface area contributed by atoms with Gasteiger partial charge in [-0.1, -0.05) is 38.8 Å². The van der Waals surface area contributed by atoms with Crippen LogP contribution in [-0.4, -0.2) is 0 Å². The van der Waals surface area contributed by atoms with Crippen LogP contribution in [0.15, 0.2) is 11.5 Å². The molecular formula is C9H19NS. The summed E-state index contributed by atoms with van der Waals surface area (Å²) >= 11 is 1.29. The maximum absolute atomic E-state index is 5.29. The predicted octanol–water partition coefficient (Wildman–Crippen LogP) is 3.18. The van der Waals surface area contributed by atoms with E-state index in [1.54, 1.807) is 0 Å². The first-order valence-electron chi connectivity index (χ1n) is 4.22. The Hall–Kier alpha value is 0.0500. The van der Waals surface area contributed by atoms with Gasteiger partial charge in [0.2, 0.25) is 0 Å². The quantitative estimate of drug-likeness (QED) is 0.646. The second-order valence-electron chi connectivity index (χ2n) is 3.26. The zero-order chi connectivity index (χ0) is 8.69. The summed E-state index contributed by atoms with van der Waals surface area (Å²) in [6.45, 7) is 6.73. The van der Waals surface area contributed by atoms with Crippen molar-refractivity contribution >= 4 is 11.9 Å². The molecule has 0 rings (SSSR count). The topological polar surface area (TPSA) is 26.0 Å². The van der Waals surface area contributed by atoms with Gasteiger partial charge in [0.15, 0.2) is 0 Å². The summed E-state index contributed by atoms with van der Waals surface area (Å²) in [5.74, 6) is 1.50. The smallest absolute Gasteiger partial charge is 0.0175 e. The van der Waals surface area contributed by atoms with Crippen LogP contribution in [0.2, 0.25) is 0 Å². The third kappa shape index (κ3) is 6.45. The van der Waals surface area contributed by atoms with E-state index in [1.807, 2.05) is 5.41 Å². The van der Waals surface area contributed by atoms with E-state index in [1.165, 1.54) is 24.8 Å². The molecular weight excluding hydrogens is 154 g/mol. The van der Waals surface area contributed by atoms with Crippen LogP contribution in [0.25, 0.3) is 0 Å². The molecule has 0 radical (unpaired) electrons.